The van der Waals surface area contributed by atoms with Gasteiger partial charge in [-0.05, 0) is 70.9 Å². The molecule has 1 amide bonds. The van der Waals surface area contributed by atoms with E-state index >= 15 is 0 Å². The van der Waals surface area contributed by atoms with Crippen LogP contribution in [-0.4, -0.2) is 18.7 Å². The predicted molar refractivity (Wildman–Crippen MR) is 128 cm³/mol. The van der Waals surface area contributed by atoms with E-state index in [0.29, 0.717) is 38.2 Å². The average molecular weight is 522 g/mol. The first-order chi connectivity index (χ1) is 15.0. The number of benzene rings is 3. The number of nitrogens with zero attached hydrogens (tertiary/aromatic N) is 1. The summed E-state index contributed by atoms with van der Waals surface area (Å²) in [4.78, 5) is 12.2. The van der Waals surface area contributed by atoms with Crippen molar-refractivity contribution in [3.05, 3.63) is 91.9 Å². The first-order valence-corrected chi connectivity index (χ1v) is 10.9. The second kappa shape index (κ2) is 11.2. The highest BCUT2D eigenvalue weighted by atomic mass is 79.9. The first-order valence-electron chi connectivity index (χ1n) is 9.39. The van der Waals surface area contributed by atoms with Crippen LogP contribution in [0.15, 0.2) is 70.2 Å². The normalized spacial score (nSPS) is 10.8. The molecule has 0 bridgehead atoms. The highest BCUT2D eigenvalue weighted by Crippen LogP contribution is 2.30. The van der Waals surface area contributed by atoms with Crippen molar-refractivity contribution < 1.29 is 14.3 Å². The van der Waals surface area contributed by atoms with Gasteiger partial charge in [0, 0.05) is 20.1 Å². The average Bonchev–Trinajstić information content (AvgIpc) is 2.74. The lowest BCUT2D eigenvalue weighted by Gasteiger charge is -2.13. The molecule has 0 aromatic heterocycles. The second-order valence-corrected chi connectivity index (χ2v) is 8.04. The molecule has 0 aliphatic carbocycles. The summed E-state index contributed by atoms with van der Waals surface area (Å²) in [5, 5.41) is 5.14. The lowest BCUT2D eigenvalue weighted by atomic mass is 10.2. The number of hydrogen-bond donors (Lipinski definition) is 1. The van der Waals surface area contributed by atoms with E-state index in [9.17, 15) is 4.79 Å². The summed E-state index contributed by atoms with van der Waals surface area (Å²) < 4.78 is 12.3. The van der Waals surface area contributed by atoms with Crippen LogP contribution in [0.1, 0.15) is 28.4 Å². The maximum atomic E-state index is 12.2. The molecule has 3 rings (SSSR count). The minimum absolute atomic E-state index is 0.269. The van der Waals surface area contributed by atoms with E-state index in [-0.39, 0.29) is 12.5 Å². The van der Waals surface area contributed by atoms with Crippen LogP contribution in [0.3, 0.4) is 0 Å². The van der Waals surface area contributed by atoms with E-state index in [2.05, 4.69) is 26.5 Å². The van der Waals surface area contributed by atoms with E-state index in [1.54, 1.807) is 42.5 Å². The number of halogens is 3. The summed E-state index contributed by atoms with van der Waals surface area (Å²) in [5.74, 6) is 0.824. The van der Waals surface area contributed by atoms with Gasteiger partial charge in [-0.25, -0.2) is 5.43 Å². The standard InChI is InChI=1S/C23H19BrCl2N2O3/c1-2-30-22-11-15(13-27-28-23(29)18-5-3-4-6-19(18)24)7-10-21(22)31-14-16-8-9-17(25)12-20(16)26/h3-13H,2,14H2,1H3,(H,28,29)/b27-13+. The number of carbonyl (C=O) groups excluding carboxylic acids is 1. The molecule has 8 heteroatoms. The molecule has 0 spiro atoms. The fourth-order valence-corrected chi connectivity index (χ4v) is 3.59. The Morgan fingerprint density at radius 3 is 2.61 bits per heavy atom. The number of hydrogen-bond acceptors (Lipinski definition) is 4. The van der Waals surface area contributed by atoms with E-state index in [1.807, 2.05) is 25.1 Å². The van der Waals surface area contributed by atoms with Crippen LogP contribution in [0.2, 0.25) is 10.0 Å². The Morgan fingerprint density at radius 2 is 1.87 bits per heavy atom. The molecule has 0 fully saturated rings. The second-order valence-electron chi connectivity index (χ2n) is 6.34. The van der Waals surface area contributed by atoms with Crippen molar-refractivity contribution in [2.75, 3.05) is 6.61 Å². The molecule has 3 aromatic rings. The molecule has 0 heterocycles. The van der Waals surface area contributed by atoms with Gasteiger partial charge in [0.25, 0.3) is 5.91 Å². The van der Waals surface area contributed by atoms with Crippen LogP contribution in [-0.2, 0) is 6.61 Å². The van der Waals surface area contributed by atoms with E-state index in [1.165, 1.54) is 6.21 Å². The van der Waals surface area contributed by atoms with Gasteiger partial charge in [-0.2, -0.15) is 5.10 Å². The van der Waals surface area contributed by atoms with Crippen molar-refractivity contribution >= 4 is 51.3 Å². The summed E-state index contributed by atoms with van der Waals surface area (Å²) in [6.45, 7) is 2.63. The summed E-state index contributed by atoms with van der Waals surface area (Å²) in [7, 11) is 0. The minimum Gasteiger partial charge on any atom is -0.490 e. The molecule has 31 heavy (non-hydrogen) atoms. The van der Waals surface area contributed by atoms with Gasteiger partial charge in [0.15, 0.2) is 11.5 Å². The van der Waals surface area contributed by atoms with Crippen molar-refractivity contribution in [2.45, 2.75) is 13.5 Å². The summed E-state index contributed by atoms with van der Waals surface area (Å²) >= 11 is 15.5. The van der Waals surface area contributed by atoms with Gasteiger partial charge in [-0.3, -0.25) is 4.79 Å². The van der Waals surface area contributed by atoms with Gasteiger partial charge in [0.05, 0.1) is 18.4 Å². The Kier molecular flexibility index (Phi) is 8.35. The molecule has 0 atom stereocenters. The lowest BCUT2D eigenvalue weighted by molar-refractivity contribution is 0.0954. The first kappa shape index (κ1) is 23.1. The zero-order chi connectivity index (χ0) is 22.2. The minimum atomic E-state index is -0.312. The fraction of sp³-hybridized carbons (Fsp3) is 0.130. The van der Waals surface area contributed by atoms with Gasteiger partial charge in [-0.15, -0.1) is 0 Å². The summed E-state index contributed by atoms with van der Waals surface area (Å²) in [6.07, 6.45) is 1.54. The number of ether oxygens (including phenoxy) is 2. The van der Waals surface area contributed by atoms with E-state index in [0.717, 1.165) is 11.1 Å². The monoisotopic (exact) mass is 520 g/mol. The lowest BCUT2D eigenvalue weighted by Crippen LogP contribution is -2.18. The number of carbonyl (C=O) groups is 1. The van der Waals surface area contributed by atoms with Crippen LogP contribution < -0.4 is 14.9 Å². The third-order valence-electron chi connectivity index (χ3n) is 4.16. The SMILES string of the molecule is CCOc1cc(/C=N/NC(=O)c2ccccc2Br)ccc1OCc1ccc(Cl)cc1Cl. The largest absolute Gasteiger partial charge is 0.490 e. The van der Waals surface area contributed by atoms with Crippen molar-refractivity contribution in [3.8, 4) is 11.5 Å². The number of nitrogens with one attached hydrogen (secondary N) is 1. The highest BCUT2D eigenvalue weighted by molar-refractivity contribution is 9.10. The Morgan fingerprint density at radius 1 is 1.06 bits per heavy atom. The number of rotatable bonds is 8. The van der Waals surface area contributed by atoms with Crippen LogP contribution >= 0.6 is 39.1 Å². The van der Waals surface area contributed by atoms with Crippen molar-refractivity contribution in [1.29, 1.82) is 0 Å². The summed E-state index contributed by atoms with van der Waals surface area (Å²) in [5.41, 5.74) is 4.57. The quantitative estimate of drug-likeness (QED) is 0.272. The molecule has 0 aliphatic rings. The van der Waals surface area contributed by atoms with Gasteiger partial charge in [0.1, 0.15) is 6.61 Å². The summed E-state index contributed by atoms with van der Waals surface area (Å²) in [6, 6.07) is 17.8. The zero-order valence-electron chi connectivity index (χ0n) is 16.6. The molecular formula is C23H19BrCl2N2O3. The topological polar surface area (TPSA) is 59.9 Å². The van der Waals surface area contributed by atoms with Crippen LogP contribution in [0.25, 0.3) is 0 Å². The smallest absolute Gasteiger partial charge is 0.272 e. The molecule has 0 radical (unpaired) electrons. The molecular weight excluding hydrogens is 503 g/mol. The Hall–Kier alpha value is -2.54. The molecule has 1 N–H and O–H groups in total. The fourth-order valence-electron chi connectivity index (χ4n) is 2.66. The van der Waals surface area contributed by atoms with Crippen LogP contribution in [0.5, 0.6) is 11.5 Å². The molecule has 5 nitrogen and oxygen atoms in total. The van der Waals surface area contributed by atoms with Gasteiger partial charge < -0.3 is 9.47 Å². The van der Waals surface area contributed by atoms with Crippen LogP contribution in [0.4, 0.5) is 0 Å². The van der Waals surface area contributed by atoms with Crippen LogP contribution in [0, 0.1) is 0 Å². The maximum Gasteiger partial charge on any atom is 0.272 e. The molecule has 0 saturated heterocycles. The Balaban J connectivity index is 1.68. The Labute approximate surface area is 199 Å². The van der Waals surface area contributed by atoms with E-state index in [4.69, 9.17) is 32.7 Å². The van der Waals surface area contributed by atoms with Gasteiger partial charge in [-0.1, -0.05) is 41.4 Å². The third kappa shape index (κ3) is 6.47. The Bertz CT molecular complexity index is 1110. The third-order valence-corrected chi connectivity index (χ3v) is 5.44. The van der Waals surface area contributed by atoms with E-state index < -0.39 is 0 Å². The highest BCUT2D eigenvalue weighted by Gasteiger charge is 2.10. The zero-order valence-corrected chi connectivity index (χ0v) is 19.7. The molecule has 3 aromatic carbocycles. The molecule has 160 valence electrons. The molecule has 0 unspecified atom stereocenters. The molecule has 0 aliphatic heterocycles. The van der Waals surface area contributed by atoms with Crippen molar-refractivity contribution in [1.82, 2.24) is 5.43 Å². The maximum absolute atomic E-state index is 12.2. The number of amides is 1. The van der Waals surface area contributed by atoms with Gasteiger partial charge >= 0.3 is 0 Å². The number of hydrazone groups is 1. The van der Waals surface area contributed by atoms with Gasteiger partial charge in [0.2, 0.25) is 0 Å². The van der Waals surface area contributed by atoms with Crippen molar-refractivity contribution in [2.24, 2.45) is 5.10 Å². The van der Waals surface area contributed by atoms with Crippen molar-refractivity contribution in [3.63, 3.8) is 0 Å². The molecule has 0 saturated carbocycles. The predicted octanol–water partition coefficient (Wildman–Crippen LogP) is 6.50.